The van der Waals surface area contributed by atoms with Crippen molar-refractivity contribution >= 4 is 21.6 Å². The van der Waals surface area contributed by atoms with Gasteiger partial charge in [0.15, 0.2) is 0 Å². The smallest absolute Gasteiger partial charge is 0.259 e. The lowest BCUT2D eigenvalue weighted by molar-refractivity contribution is 0.102. The van der Waals surface area contributed by atoms with Gasteiger partial charge in [-0.25, -0.2) is 8.42 Å². The van der Waals surface area contributed by atoms with E-state index in [-0.39, 0.29) is 10.5 Å². The Labute approximate surface area is 178 Å². The number of nitrogens with zero attached hydrogens (tertiary/aromatic N) is 2. The molecule has 30 heavy (non-hydrogen) atoms. The van der Waals surface area contributed by atoms with Crippen molar-refractivity contribution in [3.05, 3.63) is 53.6 Å². The molecular formula is C22H29N3O4S. The number of anilines is 1. The molecule has 0 spiro atoms. The van der Waals surface area contributed by atoms with Gasteiger partial charge in [-0.2, -0.15) is 4.31 Å². The lowest BCUT2D eigenvalue weighted by atomic mass is 10.0. The number of ether oxygens (including phenoxy) is 1. The summed E-state index contributed by atoms with van der Waals surface area (Å²) in [6, 6.07) is 12.0. The second kappa shape index (κ2) is 9.16. The van der Waals surface area contributed by atoms with Crippen molar-refractivity contribution in [1.29, 1.82) is 0 Å². The van der Waals surface area contributed by atoms with Crippen LogP contribution in [0.4, 0.5) is 5.69 Å². The minimum atomic E-state index is -3.68. The Balaban J connectivity index is 1.86. The molecule has 1 aliphatic heterocycles. The van der Waals surface area contributed by atoms with Crippen LogP contribution in [0.15, 0.2) is 47.4 Å². The Morgan fingerprint density at radius 3 is 2.23 bits per heavy atom. The van der Waals surface area contributed by atoms with E-state index in [0.29, 0.717) is 43.5 Å². The number of nitrogens with one attached hydrogen (secondary N) is 1. The number of piperazine rings is 1. The number of methoxy groups -OCH3 is 1. The highest BCUT2D eigenvalue weighted by atomic mass is 32.2. The molecule has 0 saturated carbocycles. The zero-order valence-electron chi connectivity index (χ0n) is 17.9. The van der Waals surface area contributed by atoms with Gasteiger partial charge in [0, 0.05) is 31.9 Å². The average Bonchev–Trinajstić information content (AvgIpc) is 2.74. The summed E-state index contributed by atoms with van der Waals surface area (Å²) >= 11 is 0. The summed E-state index contributed by atoms with van der Waals surface area (Å²) in [4.78, 5) is 15.1. The highest BCUT2D eigenvalue weighted by Gasteiger charge is 2.29. The number of carbonyl (C=O) groups excluding carboxylic acids is 1. The van der Waals surface area contributed by atoms with E-state index >= 15 is 0 Å². The van der Waals surface area contributed by atoms with Gasteiger partial charge in [-0.1, -0.05) is 26.0 Å². The molecule has 1 fully saturated rings. The third-order valence-electron chi connectivity index (χ3n) is 5.35. The molecule has 1 aliphatic rings. The molecule has 1 heterocycles. The van der Waals surface area contributed by atoms with Crippen LogP contribution in [-0.4, -0.2) is 63.9 Å². The first-order valence-corrected chi connectivity index (χ1v) is 11.4. The number of carbonyl (C=O) groups is 1. The molecule has 2 aromatic rings. The fraction of sp³-hybridized carbons (Fsp3) is 0.409. The van der Waals surface area contributed by atoms with Gasteiger partial charge in [-0.15, -0.1) is 0 Å². The maximum Gasteiger partial charge on any atom is 0.259 e. The minimum Gasteiger partial charge on any atom is -0.496 e. The molecular weight excluding hydrogens is 402 g/mol. The molecule has 162 valence electrons. The first kappa shape index (κ1) is 22.3. The predicted molar refractivity (Wildman–Crippen MR) is 118 cm³/mol. The molecule has 3 rings (SSSR count). The van der Waals surface area contributed by atoms with E-state index in [4.69, 9.17) is 4.74 Å². The number of amides is 1. The number of hydrogen-bond acceptors (Lipinski definition) is 5. The van der Waals surface area contributed by atoms with Gasteiger partial charge < -0.3 is 15.0 Å². The van der Waals surface area contributed by atoms with Crippen LogP contribution in [0.2, 0.25) is 0 Å². The van der Waals surface area contributed by atoms with E-state index in [1.807, 2.05) is 31.3 Å². The van der Waals surface area contributed by atoms with E-state index in [1.54, 1.807) is 0 Å². The molecule has 0 bridgehead atoms. The van der Waals surface area contributed by atoms with Crippen LogP contribution in [0.1, 0.15) is 35.7 Å². The molecule has 0 aromatic heterocycles. The third kappa shape index (κ3) is 4.83. The van der Waals surface area contributed by atoms with E-state index < -0.39 is 15.9 Å². The number of rotatable bonds is 6. The van der Waals surface area contributed by atoms with Crippen LogP contribution in [0, 0.1) is 0 Å². The zero-order chi connectivity index (χ0) is 21.9. The number of likely N-dealkylation sites (N-methyl/N-ethyl adjacent to an activating group) is 1. The van der Waals surface area contributed by atoms with Gasteiger partial charge in [0.2, 0.25) is 10.0 Å². The van der Waals surface area contributed by atoms with E-state index in [2.05, 4.69) is 24.1 Å². The molecule has 1 saturated heterocycles. The van der Waals surface area contributed by atoms with Crippen LogP contribution >= 0.6 is 0 Å². The average molecular weight is 432 g/mol. The topological polar surface area (TPSA) is 79.0 Å². The van der Waals surface area contributed by atoms with Gasteiger partial charge in [0.1, 0.15) is 5.75 Å². The number of benzene rings is 2. The minimum absolute atomic E-state index is 0.0909. The molecule has 1 N–H and O–H groups in total. The van der Waals surface area contributed by atoms with Gasteiger partial charge in [-0.3, -0.25) is 4.79 Å². The van der Waals surface area contributed by atoms with Crippen molar-refractivity contribution in [2.75, 3.05) is 45.7 Å². The summed E-state index contributed by atoms with van der Waals surface area (Å²) in [7, 11) is -0.261. The molecule has 0 unspecified atom stereocenters. The summed E-state index contributed by atoms with van der Waals surface area (Å²) in [5.74, 6) is 0.300. The van der Waals surface area contributed by atoms with Crippen molar-refractivity contribution in [3.8, 4) is 5.75 Å². The first-order valence-electron chi connectivity index (χ1n) is 10.0. The van der Waals surface area contributed by atoms with Gasteiger partial charge >= 0.3 is 0 Å². The molecule has 7 nitrogen and oxygen atoms in total. The Morgan fingerprint density at radius 2 is 1.67 bits per heavy atom. The molecule has 1 amide bonds. The van der Waals surface area contributed by atoms with E-state index in [0.717, 1.165) is 0 Å². The van der Waals surface area contributed by atoms with Gasteiger partial charge in [-0.05, 0) is 48.9 Å². The Bertz CT molecular complexity index is 996. The molecule has 8 heteroatoms. The second-order valence-corrected chi connectivity index (χ2v) is 9.74. The quantitative estimate of drug-likeness (QED) is 0.761. The zero-order valence-corrected chi connectivity index (χ0v) is 18.7. The fourth-order valence-electron chi connectivity index (χ4n) is 3.35. The fourth-order valence-corrected chi connectivity index (χ4v) is 4.80. The maximum absolute atomic E-state index is 13.1. The number of sulfonamides is 1. The maximum atomic E-state index is 13.1. The summed E-state index contributed by atoms with van der Waals surface area (Å²) in [5, 5.41) is 2.83. The lowest BCUT2D eigenvalue weighted by Gasteiger charge is -2.31. The summed E-state index contributed by atoms with van der Waals surface area (Å²) in [6.07, 6.45) is 0. The standard InChI is InChI=1S/C22H29N3O4S/c1-16(2)17-5-7-18(8-6-17)23-22(26)20-15-19(9-10-21(20)29-4)30(27,28)25-13-11-24(3)12-14-25/h5-10,15-16H,11-14H2,1-4H3,(H,23,26). The van der Waals surface area contributed by atoms with Crippen molar-refractivity contribution < 1.29 is 17.9 Å². The third-order valence-corrected chi connectivity index (χ3v) is 7.25. The van der Waals surface area contributed by atoms with Crippen molar-refractivity contribution in [2.45, 2.75) is 24.7 Å². The lowest BCUT2D eigenvalue weighted by Crippen LogP contribution is -2.47. The Kier molecular flexibility index (Phi) is 6.80. The van der Waals surface area contributed by atoms with Crippen LogP contribution in [0.3, 0.4) is 0 Å². The van der Waals surface area contributed by atoms with E-state index in [9.17, 15) is 13.2 Å². The van der Waals surface area contributed by atoms with E-state index in [1.165, 1.54) is 35.2 Å². The van der Waals surface area contributed by atoms with Crippen LogP contribution in [0.25, 0.3) is 0 Å². The van der Waals surface area contributed by atoms with Crippen molar-refractivity contribution in [1.82, 2.24) is 9.21 Å². The highest BCUT2D eigenvalue weighted by Crippen LogP contribution is 2.26. The first-order chi connectivity index (χ1) is 14.2. The molecule has 0 atom stereocenters. The largest absolute Gasteiger partial charge is 0.496 e. The Hall–Kier alpha value is -2.42. The molecule has 0 aliphatic carbocycles. The van der Waals surface area contributed by atoms with Crippen LogP contribution < -0.4 is 10.1 Å². The Morgan fingerprint density at radius 1 is 1.03 bits per heavy atom. The van der Waals surface area contributed by atoms with Crippen molar-refractivity contribution in [3.63, 3.8) is 0 Å². The molecule has 2 aromatic carbocycles. The summed E-state index contributed by atoms with van der Waals surface area (Å²) < 4.78 is 32.9. The summed E-state index contributed by atoms with van der Waals surface area (Å²) in [6.45, 7) is 6.41. The van der Waals surface area contributed by atoms with Crippen molar-refractivity contribution in [2.24, 2.45) is 0 Å². The SMILES string of the molecule is COc1ccc(S(=O)(=O)N2CCN(C)CC2)cc1C(=O)Nc1ccc(C(C)C)cc1. The monoisotopic (exact) mass is 431 g/mol. The second-order valence-electron chi connectivity index (χ2n) is 7.80. The van der Waals surface area contributed by atoms with Crippen LogP contribution in [0.5, 0.6) is 5.75 Å². The summed E-state index contributed by atoms with van der Waals surface area (Å²) in [5.41, 5.74) is 1.99. The van der Waals surface area contributed by atoms with Crippen LogP contribution in [-0.2, 0) is 10.0 Å². The highest BCUT2D eigenvalue weighted by molar-refractivity contribution is 7.89. The number of hydrogen-bond donors (Lipinski definition) is 1. The normalized spacial score (nSPS) is 15.9. The predicted octanol–water partition coefficient (Wildman–Crippen LogP) is 3.01. The van der Waals surface area contributed by atoms with Gasteiger partial charge in [0.25, 0.3) is 5.91 Å². The van der Waals surface area contributed by atoms with Gasteiger partial charge in [0.05, 0.1) is 17.6 Å². The molecule has 0 radical (unpaired) electrons.